The Kier molecular flexibility index (Phi) is 4.26. The van der Waals surface area contributed by atoms with Gasteiger partial charge in [0, 0.05) is 26.0 Å². The molecule has 0 amide bonds. The van der Waals surface area contributed by atoms with E-state index in [1.54, 1.807) is 12.3 Å². The molecule has 0 aliphatic carbocycles. The lowest BCUT2D eigenvalue weighted by molar-refractivity contribution is -0.159. The van der Waals surface area contributed by atoms with Crippen LogP contribution in [0, 0.1) is 5.92 Å². The molecule has 0 saturated carbocycles. The van der Waals surface area contributed by atoms with Gasteiger partial charge in [0.1, 0.15) is 5.15 Å². The zero-order valence-corrected chi connectivity index (χ0v) is 12.2. The molecule has 0 bridgehead atoms. The van der Waals surface area contributed by atoms with Crippen LogP contribution in [0.15, 0.2) is 18.3 Å². The zero-order chi connectivity index (χ0) is 14.0. The summed E-state index contributed by atoms with van der Waals surface area (Å²) in [4.78, 5) is 4.05. The molecule has 5 heteroatoms. The second-order valence-electron chi connectivity index (χ2n) is 5.76. The second kappa shape index (κ2) is 5.98. The minimum atomic E-state index is -0.497. The Morgan fingerprint density at radius 2 is 2.10 bits per heavy atom. The standard InChI is InChI=1S/C15H20ClNO3/c16-13-2-1-12(10-17-13)14(18)11-3-6-20-15(9-11)4-7-19-8-5-15/h1-2,10-11,14,18H,3-9H2. The van der Waals surface area contributed by atoms with Crippen molar-refractivity contribution in [2.45, 2.75) is 37.4 Å². The Morgan fingerprint density at radius 1 is 1.30 bits per heavy atom. The fourth-order valence-corrected chi connectivity index (χ4v) is 3.37. The molecule has 0 radical (unpaired) electrons. The van der Waals surface area contributed by atoms with Crippen molar-refractivity contribution in [3.05, 3.63) is 29.0 Å². The lowest BCUT2D eigenvalue weighted by Crippen LogP contribution is -2.45. The molecule has 3 heterocycles. The number of pyridine rings is 1. The molecule has 20 heavy (non-hydrogen) atoms. The molecule has 1 aromatic rings. The summed E-state index contributed by atoms with van der Waals surface area (Å²) in [6.45, 7) is 2.22. The van der Waals surface area contributed by atoms with Gasteiger partial charge in [-0.1, -0.05) is 17.7 Å². The summed E-state index contributed by atoms with van der Waals surface area (Å²) in [7, 11) is 0. The van der Waals surface area contributed by atoms with Crippen molar-refractivity contribution in [2.75, 3.05) is 19.8 Å². The highest BCUT2D eigenvalue weighted by atomic mass is 35.5. The van der Waals surface area contributed by atoms with E-state index in [2.05, 4.69) is 4.98 Å². The first-order chi connectivity index (χ1) is 9.69. The summed E-state index contributed by atoms with van der Waals surface area (Å²) in [6.07, 6.45) is 4.79. The van der Waals surface area contributed by atoms with E-state index >= 15 is 0 Å². The van der Waals surface area contributed by atoms with E-state index in [1.165, 1.54) is 0 Å². The fraction of sp³-hybridized carbons (Fsp3) is 0.667. The molecular weight excluding hydrogens is 278 g/mol. The van der Waals surface area contributed by atoms with E-state index in [4.69, 9.17) is 21.1 Å². The molecule has 2 aliphatic heterocycles. The molecule has 1 aromatic heterocycles. The van der Waals surface area contributed by atoms with Crippen molar-refractivity contribution in [1.29, 1.82) is 0 Å². The average molecular weight is 298 g/mol. The summed E-state index contributed by atoms with van der Waals surface area (Å²) >= 11 is 5.79. The first-order valence-electron chi connectivity index (χ1n) is 7.20. The van der Waals surface area contributed by atoms with E-state index in [1.807, 2.05) is 6.07 Å². The van der Waals surface area contributed by atoms with E-state index in [9.17, 15) is 5.11 Å². The van der Waals surface area contributed by atoms with Crippen LogP contribution in [0.2, 0.25) is 5.15 Å². The number of halogens is 1. The third kappa shape index (κ3) is 2.98. The first-order valence-corrected chi connectivity index (χ1v) is 7.58. The highest BCUT2D eigenvalue weighted by Gasteiger charge is 2.41. The Hall–Kier alpha value is -0.680. The normalized spacial score (nSPS) is 27.4. The summed E-state index contributed by atoms with van der Waals surface area (Å²) in [5, 5.41) is 11.0. The summed E-state index contributed by atoms with van der Waals surface area (Å²) < 4.78 is 11.4. The minimum Gasteiger partial charge on any atom is -0.388 e. The van der Waals surface area contributed by atoms with E-state index in [-0.39, 0.29) is 11.5 Å². The number of aliphatic hydroxyl groups excluding tert-OH is 1. The molecule has 4 nitrogen and oxygen atoms in total. The molecule has 110 valence electrons. The lowest BCUT2D eigenvalue weighted by atomic mass is 9.77. The van der Waals surface area contributed by atoms with Gasteiger partial charge in [-0.05, 0) is 43.2 Å². The molecule has 2 fully saturated rings. The van der Waals surface area contributed by atoms with Crippen LogP contribution < -0.4 is 0 Å². The predicted molar refractivity (Wildman–Crippen MR) is 75.7 cm³/mol. The molecular formula is C15H20ClNO3. The van der Waals surface area contributed by atoms with Gasteiger partial charge in [-0.25, -0.2) is 4.98 Å². The summed E-state index contributed by atoms with van der Waals surface area (Å²) in [5.74, 6) is 0.213. The van der Waals surface area contributed by atoms with Gasteiger partial charge < -0.3 is 14.6 Å². The van der Waals surface area contributed by atoms with Gasteiger partial charge in [0.2, 0.25) is 0 Å². The minimum absolute atomic E-state index is 0.0952. The maximum atomic E-state index is 10.6. The van der Waals surface area contributed by atoms with Crippen molar-refractivity contribution < 1.29 is 14.6 Å². The smallest absolute Gasteiger partial charge is 0.129 e. The quantitative estimate of drug-likeness (QED) is 0.853. The van der Waals surface area contributed by atoms with Gasteiger partial charge in [-0.15, -0.1) is 0 Å². The highest BCUT2D eigenvalue weighted by molar-refractivity contribution is 6.29. The molecule has 2 atom stereocenters. The van der Waals surface area contributed by atoms with E-state index < -0.39 is 6.10 Å². The summed E-state index contributed by atoms with van der Waals surface area (Å²) in [6, 6.07) is 3.58. The Morgan fingerprint density at radius 3 is 2.80 bits per heavy atom. The van der Waals surface area contributed by atoms with Crippen LogP contribution in [0.3, 0.4) is 0 Å². The SMILES string of the molecule is OC(c1ccc(Cl)nc1)C1CCOC2(CCOCC2)C1. The van der Waals surface area contributed by atoms with Crippen molar-refractivity contribution in [1.82, 2.24) is 4.98 Å². The molecule has 1 N–H and O–H groups in total. The third-order valence-corrected chi connectivity index (χ3v) is 4.70. The van der Waals surface area contributed by atoms with Crippen molar-refractivity contribution in [2.24, 2.45) is 5.92 Å². The van der Waals surface area contributed by atoms with Gasteiger partial charge in [0.15, 0.2) is 0 Å². The number of rotatable bonds is 2. The molecule has 2 aliphatic rings. The zero-order valence-electron chi connectivity index (χ0n) is 11.4. The molecule has 0 aromatic carbocycles. The number of aromatic nitrogens is 1. The molecule has 2 unspecified atom stereocenters. The van der Waals surface area contributed by atoms with Gasteiger partial charge in [0.05, 0.1) is 11.7 Å². The van der Waals surface area contributed by atoms with E-state index in [0.717, 1.165) is 44.5 Å². The van der Waals surface area contributed by atoms with E-state index in [0.29, 0.717) is 11.8 Å². The Bertz CT molecular complexity index is 439. The predicted octanol–water partition coefficient (Wildman–Crippen LogP) is 2.74. The third-order valence-electron chi connectivity index (χ3n) is 4.47. The summed E-state index contributed by atoms with van der Waals surface area (Å²) in [5.41, 5.74) is 0.741. The lowest BCUT2D eigenvalue weighted by Gasteiger charge is -2.44. The Labute approximate surface area is 124 Å². The number of aliphatic hydroxyl groups is 1. The number of ether oxygens (including phenoxy) is 2. The largest absolute Gasteiger partial charge is 0.388 e. The topological polar surface area (TPSA) is 51.6 Å². The monoisotopic (exact) mass is 297 g/mol. The van der Waals surface area contributed by atoms with Crippen molar-refractivity contribution >= 4 is 11.6 Å². The van der Waals surface area contributed by atoms with Crippen molar-refractivity contribution in [3.63, 3.8) is 0 Å². The van der Waals surface area contributed by atoms with Crippen LogP contribution in [0.25, 0.3) is 0 Å². The second-order valence-corrected chi connectivity index (χ2v) is 6.14. The molecule has 2 saturated heterocycles. The molecule has 1 spiro atoms. The first kappa shape index (κ1) is 14.3. The molecule has 3 rings (SSSR count). The van der Waals surface area contributed by atoms with Crippen molar-refractivity contribution in [3.8, 4) is 0 Å². The maximum Gasteiger partial charge on any atom is 0.129 e. The average Bonchev–Trinajstić information content (AvgIpc) is 2.48. The van der Waals surface area contributed by atoms with Gasteiger partial charge in [0.25, 0.3) is 0 Å². The van der Waals surface area contributed by atoms with Crippen LogP contribution in [0.4, 0.5) is 0 Å². The van der Waals surface area contributed by atoms with Gasteiger partial charge in [-0.2, -0.15) is 0 Å². The maximum absolute atomic E-state index is 10.6. The Balaban J connectivity index is 1.71. The number of hydrogen-bond donors (Lipinski definition) is 1. The number of hydrogen-bond acceptors (Lipinski definition) is 4. The van der Waals surface area contributed by atoms with Crippen LogP contribution in [-0.2, 0) is 9.47 Å². The van der Waals surface area contributed by atoms with Crippen LogP contribution in [0.1, 0.15) is 37.4 Å². The van der Waals surface area contributed by atoms with Gasteiger partial charge >= 0.3 is 0 Å². The fourth-order valence-electron chi connectivity index (χ4n) is 3.26. The van der Waals surface area contributed by atoms with Crippen LogP contribution in [0.5, 0.6) is 0 Å². The highest BCUT2D eigenvalue weighted by Crippen LogP contribution is 2.41. The van der Waals surface area contributed by atoms with Crippen LogP contribution in [-0.4, -0.2) is 35.5 Å². The van der Waals surface area contributed by atoms with Gasteiger partial charge in [-0.3, -0.25) is 0 Å². The van der Waals surface area contributed by atoms with Crippen LogP contribution >= 0.6 is 11.6 Å². The number of nitrogens with zero attached hydrogens (tertiary/aromatic N) is 1.